The number of rotatable bonds is 14. The van der Waals surface area contributed by atoms with E-state index < -0.39 is 0 Å². The minimum absolute atomic E-state index is 0.112. The fourth-order valence-electron chi connectivity index (χ4n) is 2.29. The molecular formula is C18H40O4. The molecule has 0 aromatic carbocycles. The highest BCUT2D eigenvalue weighted by Gasteiger charge is 2.01. The molecule has 0 aromatic heterocycles. The van der Waals surface area contributed by atoms with Crippen LogP contribution in [0.15, 0.2) is 0 Å². The van der Waals surface area contributed by atoms with Gasteiger partial charge in [-0.1, -0.05) is 52.4 Å². The lowest BCUT2D eigenvalue weighted by Crippen LogP contribution is -2.05. The molecule has 0 bridgehead atoms. The largest absolute Gasteiger partial charge is 0.396 e. The van der Waals surface area contributed by atoms with E-state index in [4.69, 9.17) is 10.2 Å². The summed E-state index contributed by atoms with van der Waals surface area (Å²) in [6.45, 7) is 4.72. The Morgan fingerprint density at radius 2 is 0.909 bits per heavy atom. The lowest BCUT2D eigenvalue weighted by atomic mass is 10.1. The molecule has 22 heavy (non-hydrogen) atoms. The van der Waals surface area contributed by atoms with Gasteiger partial charge >= 0.3 is 0 Å². The molecule has 0 aliphatic carbocycles. The van der Waals surface area contributed by atoms with E-state index in [-0.39, 0.29) is 25.4 Å². The summed E-state index contributed by atoms with van der Waals surface area (Å²) in [4.78, 5) is 0. The monoisotopic (exact) mass is 320 g/mol. The Kier molecular flexibility index (Phi) is 22.8. The molecule has 0 fully saturated rings. The Hall–Kier alpha value is -0.160. The van der Waals surface area contributed by atoms with Gasteiger partial charge in [0, 0.05) is 13.2 Å². The van der Waals surface area contributed by atoms with E-state index in [0.717, 1.165) is 77.0 Å². The maximum atomic E-state index is 9.29. The molecule has 0 aromatic rings. The van der Waals surface area contributed by atoms with E-state index in [1.165, 1.54) is 0 Å². The molecule has 2 atom stereocenters. The second kappa shape index (κ2) is 20.8. The molecule has 0 saturated heterocycles. The van der Waals surface area contributed by atoms with Crippen LogP contribution in [-0.4, -0.2) is 45.8 Å². The van der Waals surface area contributed by atoms with Crippen LogP contribution in [-0.2, 0) is 0 Å². The maximum absolute atomic E-state index is 9.29. The van der Waals surface area contributed by atoms with Crippen molar-refractivity contribution in [2.24, 2.45) is 0 Å². The highest BCUT2D eigenvalue weighted by Crippen LogP contribution is 2.08. The summed E-state index contributed by atoms with van der Waals surface area (Å²) in [6.07, 6.45) is 11.4. The molecule has 4 heteroatoms. The van der Waals surface area contributed by atoms with Crippen molar-refractivity contribution in [3.8, 4) is 0 Å². The number of hydrogen-bond donors (Lipinski definition) is 4. The third-order valence-corrected chi connectivity index (χ3v) is 3.63. The van der Waals surface area contributed by atoms with Crippen molar-refractivity contribution in [2.75, 3.05) is 13.2 Å². The molecule has 0 amide bonds. The minimum atomic E-state index is -0.112. The first-order chi connectivity index (χ1) is 10.6. The van der Waals surface area contributed by atoms with Gasteiger partial charge in [-0.15, -0.1) is 0 Å². The topological polar surface area (TPSA) is 80.9 Å². The molecule has 0 rings (SSSR count). The van der Waals surface area contributed by atoms with Crippen molar-refractivity contribution in [2.45, 2.75) is 103 Å². The average molecular weight is 321 g/mol. The zero-order valence-electron chi connectivity index (χ0n) is 14.8. The van der Waals surface area contributed by atoms with Crippen molar-refractivity contribution in [3.63, 3.8) is 0 Å². The molecular weight excluding hydrogens is 280 g/mol. The van der Waals surface area contributed by atoms with Crippen LogP contribution in [0.1, 0.15) is 90.9 Å². The third kappa shape index (κ3) is 22.1. The maximum Gasteiger partial charge on any atom is 0.0540 e. The zero-order chi connectivity index (χ0) is 17.1. The predicted molar refractivity (Wildman–Crippen MR) is 92.9 cm³/mol. The number of aliphatic hydroxyl groups is 4. The molecule has 0 heterocycles. The summed E-state index contributed by atoms with van der Waals surface area (Å²) in [7, 11) is 0. The lowest BCUT2D eigenvalue weighted by Gasteiger charge is -2.07. The quantitative estimate of drug-likeness (QED) is 0.370. The van der Waals surface area contributed by atoms with Gasteiger partial charge in [0.15, 0.2) is 0 Å². The van der Waals surface area contributed by atoms with E-state index in [1.54, 1.807) is 0 Å². The van der Waals surface area contributed by atoms with Crippen molar-refractivity contribution in [1.82, 2.24) is 0 Å². The summed E-state index contributed by atoms with van der Waals surface area (Å²) in [5, 5.41) is 35.5. The highest BCUT2D eigenvalue weighted by molar-refractivity contribution is 4.55. The van der Waals surface area contributed by atoms with Crippen LogP contribution in [0.5, 0.6) is 0 Å². The molecule has 0 aliphatic rings. The number of hydrogen-bond acceptors (Lipinski definition) is 4. The Labute approximate surface area is 137 Å². The fourth-order valence-corrected chi connectivity index (χ4v) is 2.29. The van der Waals surface area contributed by atoms with Gasteiger partial charge < -0.3 is 20.4 Å². The highest BCUT2D eigenvalue weighted by atomic mass is 16.3. The molecule has 0 spiro atoms. The average Bonchev–Trinajstić information content (AvgIpc) is 2.49. The van der Waals surface area contributed by atoms with E-state index in [0.29, 0.717) is 0 Å². The summed E-state index contributed by atoms with van der Waals surface area (Å²) in [6, 6.07) is 0. The smallest absolute Gasteiger partial charge is 0.0540 e. The lowest BCUT2D eigenvalue weighted by molar-refractivity contribution is 0.148. The van der Waals surface area contributed by atoms with Gasteiger partial charge in [0.1, 0.15) is 0 Å². The first-order valence-electron chi connectivity index (χ1n) is 9.20. The Bertz CT molecular complexity index is 168. The summed E-state index contributed by atoms with van der Waals surface area (Å²) in [5.41, 5.74) is 0. The number of aliphatic hydroxyl groups excluding tert-OH is 4. The molecule has 0 radical (unpaired) electrons. The van der Waals surface area contributed by atoms with Crippen molar-refractivity contribution in [1.29, 1.82) is 0 Å². The minimum Gasteiger partial charge on any atom is -0.396 e. The zero-order valence-corrected chi connectivity index (χ0v) is 14.8. The third-order valence-electron chi connectivity index (χ3n) is 3.63. The molecule has 4 N–H and O–H groups in total. The first kappa shape index (κ1) is 24.1. The van der Waals surface area contributed by atoms with Crippen LogP contribution < -0.4 is 0 Å². The van der Waals surface area contributed by atoms with Gasteiger partial charge in [0.2, 0.25) is 0 Å². The standard InChI is InChI=1S/2C9H20O2/c2*1-2-6-9(11)7-4-3-5-8-10/h2*9-11H,2-8H2,1H3. The van der Waals surface area contributed by atoms with E-state index in [2.05, 4.69) is 13.8 Å². The van der Waals surface area contributed by atoms with E-state index >= 15 is 0 Å². The van der Waals surface area contributed by atoms with Crippen molar-refractivity contribution in [3.05, 3.63) is 0 Å². The SMILES string of the molecule is CCCC(O)CCCCCO.CCCC(O)CCCCCO. The van der Waals surface area contributed by atoms with Crippen LogP contribution >= 0.6 is 0 Å². The summed E-state index contributed by atoms with van der Waals surface area (Å²) >= 11 is 0. The van der Waals surface area contributed by atoms with Gasteiger partial charge in [0.25, 0.3) is 0 Å². The summed E-state index contributed by atoms with van der Waals surface area (Å²) < 4.78 is 0. The van der Waals surface area contributed by atoms with Crippen molar-refractivity contribution >= 4 is 0 Å². The molecule has 136 valence electrons. The molecule has 2 unspecified atom stereocenters. The normalized spacial score (nSPS) is 13.4. The number of unbranched alkanes of at least 4 members (excludes halogenated alkanes) is 4. The van der Waals surface area contributed by atoms with E-state index in [9.17, 15) is 10.2 Å². The predicted octanol–water partition coefficient (Wildman–Crippen LogP) is 3.40. The van der Waals surface area contributed by atoms with Crippen LogP contribution in [0.25, 0.3) is 0 Å². The van der Waals surface area contributed by atoms with Gasteiger partial charge in [-0.3, -0.25) is 0 Å². The van der Waals surface area contributed by atoms with Crippen molar-refractivity contribution < 1.29 is 20.4 Å². The van der Waals surface area contributed by atoms with Crippen LogP contribution in [0.4, 0.5) is 0 Å². The van der Waals surface area contributed by atoms with Gasteiger partial charge in [-0.25, -0.2) is 0 Å². The van der Waals surface area contributed by atoms with Gasteiger partial charge in [-0.2, -0.15) is 0 Å². The van der Waals surface area contributed by atoms with Gasteiger partial charge in [0.05, 0.1) is 12.2 Å². The summed E-state index contributed by atoms with van der Waals surface area (Å²) in [5.74, 6) is 0. The second-order valence-electron chi connectivity index (χ2n) is 6.03. The fraction of sp³-hybridized carbons (Fsp3) is 1.00. The van der Waals surface area contributed by atoms with Gasteiger partial charge in [-0.05, 0) is 38.5 Å². The van der Waals surface area contributed by atoms with Crippen LogP contribution in [0, 0.1) is 0 Å². The Morgan fingerprint density at radius 3 is 1.18 bits per heavy atom. The van der Waals surface area contributed by atoms with Crippen LogP contribution in [0.2, 0.25) is 0 Å². The Morgan fingerprint density at radius 1 is 0.545 bits per heavy atom. The van der Waals surface area contributed by atoms with Crippen LogP contribution in [0.3, 0.4) is 0 Å². The first-order valence-corrected chi connectivity index (χ1v) is 9.20. The molecule has 0 aliphatic heterocycles. The molecule has 0 saturated carbocycles. The second-order valence-corrected chi connectivity index (χ2v) is 6.03. The van der Waals surface area contributed by atoms with E-state index in [1.807, 2.05) is 0 Å². The molecule has 4 nitrogen and oxygen atoms in total. The Balaban J connectivity index is 0.